The van der Waals surface area contributed by atoms with Crippen LogP contribution in [0.15, 0.2) is 29.4 Å². The summed E-state index contributed by atoms with van der Waals surface area (Å²) in [6, 6.07) is 5.45. The summed E-state index contributed by atoms with van der Waals surface area (Å²) in [6.07, 6.45) is -0.699. The minimum atomic E-state index is -1.16. The first-order chi connectivity index (χ1) is 11.2. The second-order valence-corrected chi connectivity index (χ2v) is 5.89. The summed E-state index contributed by atoms with van der Waals surface area (Å²) >= 11 is 0. The SMILES string of the molecule is CC(C)(C)OC(=O)NC(Cc1ccc(OCN=[N+]=[N-])cc1)C(=O)O. The van der Waals surface area contributed by atoms with Gasteiger partial charge in [-0.3, -0.25) is 0 Å². The maximum atomic E-state index is 11.7. The second kappa shape index (κ2) is 8.64. The van der Waals surface area contributed by atoms with Crippen LogP contribution in [-0.4, -0.2) is 35.5 Å². The lowest BCUT2D eigenvalue weighted by atomic mass is 10.1. The highest BCUT2D eigenvalue weighted by atomic mass is 16.6. The third-order valence-electron chi connectivity index (χ3n) is 2.70. The molecule has 0 saturated heterocycles. The summed E-state index contributed by atoms with van der Waals surface area (Å²) in [6.45, 7) is 4.94. The number of benzene rings is 1. The Morgan fingerprint density at radius 3 is 2.46 bits per heavy atom. The lowest BCUT2D eigenvalue weighted by Gasteiger charge is -2.22. The minimum absolute atomic E-state index is 0.0885. The Bertz CT molecular complexity index is 618. The van der Waals surface area contributed by atoms with Gasteiger partial charge in [0.15, 0.2) is 6.73 Å². The zero-order valence-corrected chi connectivity index (χ0v) is 13.7. The Kier molecular flexibility index (Phi) is 6.88. The van der Waals surface area contributed by atoms with Crippen LogP contribution in [0.3, 0.4) is 0 Å². The number of carbonyl (C=O) groups is 2. The lowest BCUT2D eigenvalue weighted by molar-refractivity contribution is -0.139. The molecule has 1 aromatic rings. The van der Waals surface area contributed by atoms with Gasteiger partial charge in [0.25, 0.3) is 0 Å². The van der Waals surface area contributed by atoms with Gasteiger partial charge in [0.1, 0.15) is 17.4 Å². The first kappa shape index (κ1) is 19.1. The predicted octanol–water partition coefficient (Wildman–Crippen LogP) is 2.85. The summed E-state index contributed by atoms with van der Waals surface area (Å²) in [5, 5.41) is 14.8. The van der Waals surface area contributed by atoms with Crippen molar-refractivity contribution in [1.29, 1.82) is 0 Å². The number of ether oxygens (including phenoxy) is 2. The Balaban J connectivity index is 2.66. The quantitative estimate of drug-likeness (QED) is 0.448. The molecule has 1 rings (SSSR count). The molecule has 0 aliphatic heterocycles. The number of azide groups is 1. The zero-order chi connectivity index (χ0) is 18.2. The molecule has 1 atom stereocenters. The van der Waals surface area contributed by atoms with Crippen molar-refractivity contribution in [2.75, 3.05) is 6.73 Å². The van der Waals surface area contributed by atoms with Crippen molar-refractivity contribution in [3.05, 3.63) is 40.3 Å². The van der Waals surface area contributed by atoms with E-state index in [-0.39, 0.29) is 13.2 Å². The number of carboxylic acids is 1. The van der Waals surface area contributed by atoms with E-state index in [4.69, 9.17) is 15.0 Å². The molecule has 0 aliphatic rings. The minimum Gasteiger partial charge on any atom is -0.488 e. The van der Waals surface area contributed by atoms with E-state index >= 15 is 0 Å². The van der Waals surface area contributed by atoms with Gasteiger partial charge in [-0.1, -0.05) is 17.2 Å². The smallest absolute Gasteiger partial charge is 0.408 e. The average Bonchev–Trinajstić information content (AvgIpc) is 2.46. The van der Waals surface area contributed by atoms with Crippen LogP contribution in [0.25, 0.3) is 10.4 Å². The average molecular weight is 336 g/mol. The molecule has 1 amide bonds. The normalized spacial score (nSPS) is 11.8. The molecule has 0 radical (unpaired) electrons. The Morgan fingerprint density at radius 1 is 1.33 bits per heavy atom. The summed E-state index contributed by atoms with van der Waals surface area (Å²) < 4.78 is 10.2. The van der Waals surface area contributed by atoms with Crippen molar-refractivity contribution in [3.63, 3.8) is 0 Å². The molecule has 0 aromatic heterocycles. The van der Waals surface area contributed by atoms with E-state index < -0.39 is 23.7 Å². The maximum absolute atomic E-state index is 11.7. The van der Waals surface area contributed by atoms with Gasteiger partial charge in [-0.15, -0.1) is 0 Å². The zero-order valence-electron chi connectivity index (χ0n) is 13.7. The molecule has 0 heterocycles. The molecule has 9 heteroatoms. The molecule has 0 spiro atoms. The van der Waals surface area contributed by atoms with Gasteiger partial charge in [-0.2, -0.15) is 0 Å². The number of nitrogens with zero attached hydrogens (tertiary/aromatic N) is 3. The highest BCUT2D eigenvalue weighted by Crippen LogP contribution is 2.14. The van der Waals surface area contributed by atoms with E-state index in [0.717, 1.165) is 0 Å². The van der Waals surface area contributed by atoms with Crippen LogP contribution in [-0.2, 0) is 16.0 Å². The highest BCUT2D eigenvalue weighted by molar-refractivity contribution is 5.80. The van der Waals surface area contributed by atoms with Crippen LogP contribution in [0.5, 0.6) is 5.75 Å². The summed E-state index contributed by atoms with van der Waals surface area (Å²) in [5.41, 5.74) is 8.14. The summed E-state index contributed by atoms with van der Waals surface area (Å²) in [4.78, 5) is 25.6. The second-order valence-electron chi connectivity index (χ2n) is 5.89. The molecular weight excluding hydrogens is 316 g/mol. The molecule has 1 aromatic carbocycles. The van der Waals surface area contributed by atoms with Crippen LogP contribution >= 0.6 is 0 Å². The van der Waals surface area contributed by atoms with E-state index in [0.29, 0.717) is 11.3 Å². The van der Waals surface area contributed by atoms with E-state index in [1.54, 1.807) is 45.0 Å². The number of nitrogens with one attached hydrogen (secondary N) is 1. The Labute approximate surface area is 139 Å². The monoisotopic (exact) mass is 336 g/mol. The first-order valence-corrected chi connectivity index (χ1v) is 7.16. The fourth-order valence-electron chi connectivity index (χ4n) is 1.74. The van der Waals surface area contributed by atoms with Crippen molar-refractivity contribution >= 4 is 12.1 Å². The van der Waals surface area contributed by atoms with Crippen LogP contribution in [0.2, 0.25) is 0 Å². The molecule has 24 heavy (non-hydrogen) atoms. The third kappa shape index (κ3) is 7.37. The van der Waals surface area contributed by atoms with Gasteiger partial charge < -0.3 is 19.9 Å². The van der Waals surface area contributed by atoms with Crippen LogP contribution in [0, 0.1) is 0 Å². The van der Waals surface area contributed by atoms with Crippen molar-refractivity contribution in [1.82, 2.24) is 5.32 Å². The number of amides is 1. The number of hydrogen-bond donors (Lipinski definition) is 2. The van der Waals surface area contributed by atoms with E-state index in [2.05, 4.69) is 15.3 Å². The lowest BCUT2D eigenvalue weighted by Crippen LogP contribution is -2.44. The van der Waals surface area contributed by atoms with E-state index in [1.165, 1.54) is 0 Å². The number of alkyl carbamates (subject to hydrolysis) is 1. The molecular formula is C15H20N4O5. The predicted molar refractivity (Wildman–Crippen MR) is 85.6 cm³/mol. The number of hydrogen-bond acceptors (Lipinski definition) is 5. The first-order valence-electron chi connectivity index (χ1n) is 7.16. The van der Waals surface area contributed by atoms with Gasteiger partial charge in [0, 0.05) is 11.3 Å². The highest BCUT2D eigenvalue weighted by Gasteiger charge is 2.24. The molecule has 2 N–H and O–H groups in total. The molecule has 0 saturated carbocycles. The fourth-order valence-corrected chi connectivity index (χ4v) is 1.74. The summed E-state index contributed by atoms with van der Waals surface area (Å²) in [7, 11) is 0. The van der Waals surface area contributed by atoms with Crippen LogP contribution in [0.4, 0.5) is 4.79 Å². The number of carbonyl (C=O) groups excluding carboxylic acids is 1. The molecule has 130 valence electrons. The Morgan fingerprint density at radius 2 is 1.96 bits per heavy atom. The van der Waals surface area contributed by atoms with Gasteiger partial charge in [0.05, 0.1) is 0 Å². The van der Waals surface area contributed by atoms with Gasteiger partial charge in [0.2, 0.25) is 0 Å². The van der Waals surface area contributed by atoms with E-state index in [1.807, 2.05) is 0 Å². The Hall–Kier alpha value is -2.93. The number of aliphatic carboxylic acids is 1. The van der Waals surface area contributed by atoms with Crippen molar-refractivity contribution < 1.29 is 24.2 Å². The van der Waals surface area contributed by atoms with Crippen molar-refractivity contribution in [2.45, 2.75) is 38.8 Å². The molecule has 9 nitrogen and oxygen atoms in total. The number of carboxylic acid groups (broad SMARTS) is 1. The van der Waals surface area contributed by atoms with Gasteiger partial charge in [-0.25, -0.2) is 9.59 Å². The van der Waals surface area contributed by atoms with Crippen LogP contribution in [0.1, 0.15) is 26.3 Å². The van der Waals surface area contributed by atoms with Gasteiger partial charge in [-0.05, 0) is 44.0 Å². The number of rotatable bonds is 7. The summed E-state index contributed by atoms with van der Waals surface area (Å²) in [5.74, 6) is -0.678. The van der Waals surface area contributed by atoms with Crippen molar-refractivity contribution in [3.8, 4) is 5.75 Å². The standard InChI is InChI=1S/C15H20N4O5/c1-15(2,3)24-14(22)18-12(13(20)21)8-10-4-6-11(7-5-10)23-9-17-19-16/h4-7,12H,8-9H2,1-3H3,(H,18,22)(H,20,21). The fraction of sp³-hybridized carbons (Fsp3) is 0.467. The van der Waals surface area contributed by atoms with Gasteiger partial charge >= 0.3 is 12.1 Å². The maximum Gasteiger partial charge on any atom is 0.408 e. The largest absolute Gasteiger partial charge is 0.488 e. The molecule has 0 aliphatic carbocycles. The van der Waals surface area contributed by atoms with Crippen LogP contribution < -0.4 is 10.1 Å². The van der Waals surface area contributed by atoms with E-state index in [9.17, 15) is 14.7 Å². The third-order valence-corrected chi connectivity index (χ3v) is 2.70. The van der Waals surface area contributed by atoms with Crippen molar-refractivity contribution in [2.24, 2.45) is 5.11 Å². The molecule has 1 unspecified atom stereocenters. The molecule has 0 bridgehead atoms. The topological polar surface area (TPSA) is 134 Å². The molecule has 0 fully saturated rings.